The van der Waals surface area contributed by atoms with Crippen LogP contribution in [0.3, 0.4) is 0 Å². The zero-order valence-electron chi connectivity index (χ0n) is 17.3. The van der Waals surface area contributed by atoms with Crippen LogP contribution in [-0.2, 0) is 9.53 Å². The number of ether oxygens (including phenoxy) is 3. The molecule has 9 heteroatoms. The molecule has 160 valence electrons. The predicted octanol–water partition coefficient (Wildman–Crippen LogP) is 3.92. The van der Waals surface area contributed by atoms with Crippen LogP contribution in [0.25, 0.3) is 0 Å². The molecule has 0 radical (unpaired) electrons. The van der Waals surface area contributed by atoms with Gasteiger partial charge in [0.1, 0.15) is 5.56 Å². The van der Waals surface area contributed by atoms with E-state index in [1.807, 2.05) is 12.1 Å². The number of amides is 1. The first-order valence-electron chi connectivity index (χ1n) is 9.33. The third-order valence-corrected chi connectivity index (χ3v) is 4.19. The van der Waals surface area contributed by atoms with Gasteiger partial charge in [0.15, 0.2) is 18.1 Å². The molecule has 9 nitrogen and oxygen atoms in total. The second kappa shape index (κ2) is 10.2. The van der Waals surface area contributed by atoms with Crippen LogP contribution in [-0.4, -0.2) is 37.1 Å². The lowest BCUT2D eigenvalue weighted by molar-refractivity contribution is -0.385. The molecule has 2 aromatic rings. The summed E-state index contributed by atoms with van der Waals surface area (Å²) in [6, 6.07) is 9.53. The Kier molecular flexibility index (Phi) is 7.74. The lowest BCUT2D eigenvalue weighted by atomic mass is 10.0. The highest BCUT2D eigenvalue weighted by atomic mass is 16.6. The molecule has 0 saturated carbocycles. The van der Waals surface area contributed by atoms with Crippen molar-refractivity contribution in [2.24, 2.45) is 0 Å². The Morgan fingerprint density at radius 1 is 1.13 bits per heavy atom. The number of methoxy groups -OCH3 is 1. The van der Waals surface area contributed by atoms with Crippen molar-refractivity contribution in [1.29, 1.82) is 0 Å². The molecule has 2 rings (SSSR count). The van der Waals surface area contributed by atoms with Crippen molar-refractivity contribution in [3.05, 3.63) is 57.6 Å². The number of nitrogens with one attached hydrogen (secondary N) is 1. The highest BCUT2D eigenvalue weighted by molar-refractivity contribution is 5.98. The van der Waals surface area contributed by atoms with Crippen molar-refractivity contribution in [3.8, 4) is 11.5 Å². The molecule has 30 heavy (non-hydrogen) atoms. The third kappa shape index (κ3) is 5.69. The first kappa shape index (κ1) is 22.7. The number of nitro groups is 1. The number of benzene rings is 2. The molecule has 1 amide bonds. The highest BCUT2D eigenvalue weighted by Gasteiger charge is 2.26. The van der Waals surface area contributed by atoms with Gasteiger partial charge in [-0.15, -0.1) is 0 Å². The minimum Gasteiger partial charge on any atom is -0.493 e. The number of carbonyl (C=O) groups excluding carboxylic acids is 2. The van der Waals surface area contributed by atoms with Gasteiger partial charge in [0.05, 0.1) is 24.7 Å². The molecular weight excluding hydrogens is 392 g/mol. The molecular formula is C21H24N2O7. The Balaban J connectivity index is 2.09. The van der Waals surface area contributed by atoms with Gasteiger partial charge >= 0.3 is 5.97 Å². The minimum absolute atomic E-state index is 0.130. The molecule has 0 bridgehead atoms. The summed E-state index contributed by atoms with van der Waals surface area (Å²) < 4.78 is 15.4. The number of nitro benzene ring substituents is 1. The Morgan fingerprint density at radius 3 is 2.33 bits per heavy atom. The van der Waals surface area contributed by atoms with E-state index in [2.05, 4.69) is 19.2 Å². The van der Waals surface area contributed by atoms with Crippen LogP contribution in [0.5, 0.6) is 11.5 Å². The molecule has 0 saturated heterocycles. The summed E-state index contributed by atoms with van der Waals surface area (Å²) >= 11 is 0. The predicted molar refractivity (Wildman–Crippen MR) is 110 cm³/mol. The van der Waals surface area contributed by atoms with Crippen LogP contribution in [0.2, 0.25) is 0 Å². The quantitative estimate of drug-likeness (QED) is 0.374. The normalized spacial score (nSPS) is 10.4. The van der Waals surface area contributed by atoms with Gasteiger partial charge in [0, 0.05) is 11.8 Å². The molecule has 0 fully saturated rings. The maximum absolute atomic E-state index is 12.4. The summed E-state index contributed by atoms with van der Waals surface area (Å²) in [7, 11) is 1.34. The second-order valence-corrected chi connectivity index (χ2v) is 6.61. The van der Waals surface area contributed by atoms with Gasteiger partial charge in [0.2, 0.25) is 0 Å². The molecule has 0 aliphatic carbocycles. The summed E-state index contributed by atoms with van der Waals surface area (Å²) in [4.78, 5) is 35.1. The summed E-state index contributed by atoms with van der Waals surface area (Å²) in [5.41, 5.74) is 0.827. The average Bonchev–Trinajstić information content (AvgIpc) is 2.72. The fourth-order valence-corrected chi connectivity index (χ4v) is 2.65. The number of nitrogens with zero attached hydrogens (tertiary/aromatic N) is 1. The van der Waals surface area contributed by atoms with E-state index in [4.69, 9.17) is 14.2 Å². The molecule has 0 aromatic heterocycles. The van der Waals surface area contributed by atoms with Crippen molar-refractivity contribution >= 4 is 23.3 Å². The van der Waals surface area contributed by atoms with Crippen molar-refractivity contribution in [3.63, 3.8) is 0 Å². The molecule has 0 aliphatic rings. The van der Waals surface area contributed by atoms with Gasteiger partial charge in [-0.25, -0.2) is 4.79 Å². The standard InChI is InChI=1S/C21H24N2O7/c1-5-29-19-11-17(23(26)27)16(10-18(19)28-4)21(25)30-12-20(24)22-15-8-6-14(7-9-15)13(2)3/h6-11,13H,5,12H2,1-4H3,(H,22,24). The smallest absolute Gasteiger partial charge is 0.345 e. The van der Waals surface area contributed by atoms with Crippen molar-refractivity contribution in [2.75, 3.05) is 25.6 Å². The fraction of sp³-hybridized carbons (Fsp3) is 0.333. The Labute approximate surface area is 174 Å². The third-order valence-electron chi connectivity index (χ3n) is 4.19. The monoisotopic (exact) mass is 416 g/mol. The lowest BCUT2D eigenvalue weighted by Gasteiger charge is -2.12. The summed E-state index contributed by atoms with van der Waals surface area (Å²) in [5, 5.41) is 14.0. The Bertz CT molecular complexity index is 924. The maximum atomic E-state index is 12.4. The van der Waals surface area contributed by atoms with Crippen molar-refractivity contribution in [2.45, 2.75) is 26.7 Å². The number of carbonyl (C=O) groups is 2. The van der Waals surface area contributed by atoms with Crippen LogP contribution in [0.1, 0.15) is 42.6 Å². The summed E-state index contributed by atoms with van der Waals surface area (Å²) in [6.07, 6.45) is 0. The largest absolute Gasteiger partial charge is 0.493 e. The van der Waals surface area contributed by atoms with Gasteiger partial charge in [0.25, 0.3) is 11.6 Å². The zero-order valence-corrected chi connectivity index (χ0v) is 17.3. The van der Waals surface area contributed by atoms with E-state index in [1.165, 1.54) is 7.11 Å². The van der Waals surface area contributed by atoms with Crippen molar-refractivity contribution in [1.82, 2.24) is 0 Å². The number of anilines is 1. The highest BCUT2D eigenvalue weighted by Crippen LogP contribution is 2.35. The van der Waals surface area contributed by atoms with E-state index in [1.54, 1.807) is 19.1 Å². The second-order valence-electron chi connectivity index (χ2n) is 6.61. The van der Waals surface area contributed by atoms with Crippen LogP contribution < -0.4 is 14.8 Å². The molecule has 0 spiro atoms. The van der Waals surface area contributed by atoms with E-state index in [-0.39, 0.29) is 23.7 Å². The van der Waals surface area contributed by atoms with Gasteiger partial charge in [-0.05, 0) is 30.5 Å². The van der Waals surface area contributed by atoms with E-state index in [9.17, 15) is 19.7 Å². The molecule has 0 unspecified atom stereocenters. The lowest BCUT2D eigenvalue weighted by Crippen LogP contribution is -2.21. The minimum atomic E-state index is -1.02. The van der Waals surface area contributed by atoms with E-state index >= 15 is 0 Å². The van der Waals surface area contributed by atoms with E-state index < -0.39 is 29.1 Å². The number of hydrogen-bond acceptors (Lipinski definition) is 7. The Morgan fingerprint density at radius 2 is 1.80 bits per heavy atom. The van der Waals surface area contributed by atoms with Crippen LogP contribution in [0, 0.1) is 10.1 Å². The molecule has 0 heterocycles. The van der Waals surface area contributed by atoms with Crippen molar-refractivity contribution < 1.29 is 28.7 Å². The van der Waals surface area contributed by atoms with Crippen LogP contribution >= 0.6 is 0 Å². The topological polar surface area (TPSA) is 117 Å². The first-order chi connectivity index (χ1) is 14.3. The van der Waals surface area contributed by atoms with E-state index in [0.29, 0.717) is 11.6 Å². The summed E-state index contributed by atoms with van der Waals surface area (Å²) in [5.74, 6) is -0.956. The molecule has 2 aromatic carbocycles. The average molecular weight is 416 g/mol. The maximum Gasteiger partial charge on any atom is 0.345 e. The molecule has 1 N–H and O–H groups in total. The van der Waals surface area contributed by atoms with Crippen LogP contribution in [0.15, 0.2) is 36.4 Å². The first-order valence-corrected chi connectivity index (χ1v) is 9.33. The van der Waals surface area contributed by atoms with Gasteiger partial charge < -0.3 is 19.5 Å². The SMILES string of the molecule is CCOc1cc([N+](=O)[O-])c(C(=O)OCC(=O)Nc2ccc(C(C)C)cc2)cc1OC. The number of rotatable bonds is 9. The summed E-state index contributed by atoms with van der Waals surface area (Å²) in [6.45, 7) is 5.49. The molecule has 0 atom stereocenters. The number of esters is 1. The molecule has 0 aliphatic heterocycles. The fourth-order valence-electron chi connectivity index (χ4n) is 2.65. The van der Waals surface area contributed by atoms with Gasteiger partial charge in [-0.3, -0.25) is 14.9 Å². The zero-order chi connectivity index (χ0) is 22.3. The van der Waals surface area contributed by atoms with E-state index in [0.717, 1.165) is 17.7 Å². The van der Waals surface area contributed by atoms with Gasteiger partial charge in [-0.1, -0.05) is 26.0 Å². The number of hydrogen-bond donors (Lipinski definition) is 1. The van der Waals surface area contributed by atoms with Crippen LogP contribution in [0.4, 0.5) is 11.4 Å². The Hall–Kier alpha value is -3.62. The van der Waals surface area contributed by atoms with Gasteiger partial charge in [-0.2, -0.15) is 0 Å².